The molecule has 1 rings (SSSR count). The second-order valence-corrected chi connectivity index (χ2v) is 1.72. The van der Waals surface area contributed by atoms with E-state index in [1.807, 2.05) is 25.2 Å². The van der Waals surface area contributed by atoms with E-state index in [9.17, 15) is 0 Å². The van der Waals surface area contributed by atoms with Crippen LogP contribution in [0.3, 0.4) is 0 Å². The fraction of sp³-hybridized carbons (Fsp3) is 0.143. The minimum atomic E-state index is 1.24. The number of hydrogen-bond acceptors (Lipinski definition) is 0. The molecule has 0 bridgehead atoms. The van der Waals surface area contributed by atoms with Crippen LogP contribution in [0.5, 0.6) is 0 Å². The molecule has 0 fully saturated rings. The summed E-state index contributed by atoms with van der Waals surface area (Å²) in [6.07, 6.45) is 9.48. The Kier molecular flexibility index (Phi) is 1.52. The molecule has 0 aromatic carbocycles. The maximum absolute atomic E-state index is 3.91. The van der Waals surface area contributed by atoms with Gasteiger partial charge in [-0.25, -0.2) is 0 Å². The largest absolute Gasteiger partial charge is 0.265 e. The molecule has 0 aromatic rings. The lowest BCUT2D eigenvalue weighted by Gasteiger charge is -1.80. The van der Waals surface area contributed by atoms with Crippen molar-refractivity contribution in [3.63, 3.8) is 0 Å². The third-order valence-electron chi connectivity index (χ3n) is 0.955. The molecule has 0 spiro atoms. The molecule has 0 saturated carbocycles. The first-order valence-electron chi connectivity index (χ1n) is 2.59. The van der Waals surface area contributed by atoms with Crippen LogP contribution in [0.2, 0.25) is 0 Å². The second kappa shape index (κ2) is 2.36. The van der Waals surface area contributed by atoms with Crippen LogP contribution in [-0.4, -0.2) is 0 Å². The van der Waals surface area contributed by atoms with Crippen LogP contribution in [0.1, 0.15) is 6.92 Å². The van der Waals surface area contributed by atoms with Crippen molar-refractivity contribution in [1.29, 1.82) is 0 Å². The fourth-order valence-electron chi connectivity index (χ4n) is 0.510. The topological polar surface area (TPSA) is 14.1 Å². The molecule has 0 unspecified atom stereocenters. The predicted molar refractivity (Wildman–Crippen MR) is 34.2 cm³/mol. The van der Waals surface area contributed by atoms with E-state index in [2.05, 4.69) is 5.32 Å². The zero-order valence-corrected chi connectivity index (χ0v) is 4.83. The minimum Gasteiger partial charge on any atom is -0.265 e. The van der Waals surface area contributed by atoms with E-state index in [1.165, 1.54) is 5.57 Å². The van der Waals surface area contributed by atoms with Gasteiger partial charge in [-0.15, -0.1) is 0 Å². The van der Waals surface area contributed by atoms with Gasteiger partial charge in [0.2, 0.25) is 0 Å². The molecule has 0 aromatic heterocycles. The molecule has 41 valence electrons. The summed E-state index contributed by atoms with van der Waals surface area (Å²) in [6.45, 7) is 2.04. The van der Waals surface area contributed by atoms with Crippen molar-refractivity contribution in [3.05, 3.63) is 36.2 Å². The second-order valence-electron chi connectivity index (χ2n) is 1.72. The summed E-state index contributed by atoms with van der Waals surface area (Å²) >= 11 is 0. The third-order valence-corrected chi connectivity index (χ3v) is 0.955. The average molecular weight is 106 g/mol. The van der Waals surface area contributed by atoms with Crippen molar-refractivity contribution in [1.82, 2.24) is 5.32 Å². The molecular weight excluding hydrogens is 98.1 g/mol. The standard InChI is InChI=1S/C7H8N/c1-7-3-2-5-8-6-4-7/h2-6H,1H3. The van der Waals surface area contributed by atoms with Crippen LogP contribution in [0.25, 0.3) is 0 Å². The number of nitrogens with zero attached hydrogens (tertiary/aromatic N) is 1. The summed E-state index contributed by atoms with van der Waals surface area (Å²) in [5, 5.41) is 3.91. The quantitative estimate of drug-likeness (QED) is 0.445. The van der Waals surface area contributed by atoms with E-state index >= 15 is 0 Å². The zero-order chi connectivity index (χ0) is 5.82. The Morgan fingerprint density at radius 2 is 2.25 bits per heavy atom. The molecule has 1 heterocycles. The first kappa shape index (κ1) is 5.16. The van der Waals surface area contributed by atoms with Crippen LogP contribution in [-0.2, 0) is 0 Å². The van der Waals surface area contributed by atoms with Crippen molar-refractivity contribution in [2.75, 3.05) is 0 Å². The molecule has 0 N–H and O–H groups in total. The van der Waals surface area contributed by atoms with Gasteiger partial charge in [0.15, 0.2) is 0 Å². The lowest BCUT2D eigenvalue weighted by atomic mass is 10.3. The van der Waals surface area contributed by atoms with Crippen LogP contribution < -0.4 is 5.32 Å². The van der Waals surface area contributed by atoms with Gasteiger partial charge in [-0.3, -0.25) is 5.32 Å². The predicted octanol–water partition coefficient (Wildman–Crippen LogP) is 1.58. The summed E-state index contributed by atoms with van der Waals surface area (Å²) in [5.41, 5.74) is 1.24. The number of rotatable bonds is 0. The van der Waals surface area contributed by atoms with Crippen LogP contribution >= 0.6 is 0 Å². The molecule has 1 aliphatic rings. The molecule has 1 radical (unpaired) electrons. The zero-order valence-electron chi connectivity index (χ0n) is 4.83. The van der Waals surface area contributed by atoms with Crippen molar-refractivity contribution in [2.24, 2.45) is 0 Å². The Morgan fingerprint density at radius 1 is 1.38 bits per heavy atom. The summed E-state index contributed by atoms with van der Waals surface area (Å²) < 4.78 is 0. The van der Waals surface area contributed by atoms with E-state index in [4.69, 9.17) is 0 Å². The third kappa shape index (κ3) is 1.26. The van der Waals surface area contributed by atoms with Crippen molar-refractivity contribution in [2.45, 2.75) is 6.92 Å². The monoisotopic (exact) mass is 106 g/mol. The highest BCUT2D eigenvalue weighted by atomic mass is 14.8. The molecule has 0 saturated heterocycles. The highest BCUT2D eigenvalue weighted by molar-refractivity contribution is 5.23. The summed E-state index contributed by atoms with van der Waals surface area (Å²) in [7, 11) is 0. The van der Waals surface area contributed by atoms with Crippen LogP contribution in [0, 0.1) is 0 Å². The molecule has 1 aliphatic heterocycles. The van der Waals surface area contributed by atoms with Crippen LogP contribution in [0.4, 0.5) is 0 Å². The molecule has 0 atom stereocenters. The fourth-order valence-corrected chi connectivity index (χ4v) is 0.510. The Bertz CT molecular complexity index is 152. The van der Waals surface area contributed by atoms with Crippen molar-refractivity contribution < 1.29 is 0 Å². The average Bonchev–Trinajstić information content (AvgIpc) is 1.94. The highest BCUT2D eigenvalue weighted by Gasteiger charge is 1.80. The first-order valence-corrected chi connectivity index (χ1v) is 2.59. The maximum atomic E-state index is 3.91. The van der Waals surface area contributed by atoms with Crippen molar-refractivity contribution in [3.8, 4) is 0 Å². The smallest absolute Gasteiger partial charge is 0.0270 e. The summed E-state index contributed by atoms with van der Waals surface area (Å²) in [6, 6.07) is 0. The van der Waals surface area contributed by atoms with Gasteiger partial charge in [-0.1, -0.05) is 6.08 Å². The summed E-state index contributed by atoms with van der Waals surface area (Å²) in [5.74, 6) is 0. The van der Waals surface area contributed by atoms with Gasteiger partial charge < -0.3 is 0 Å². The molecule has 0 amide bonds. The molecular formula is C7H8N. The van der Waals surface area contributed by atoms with Gasteiger partial charge in [-0.2, -0.15) is 0 Å². The van der Waals surface area contributed by atoms with E-state index < -0.39 is 0 Å². The van der Waals surface area contributed by atoms with E-state index in [-0.39, 0.29) is 0 Å². The van der Waals surface area contributed by atoms with Crippen molar-refractivity contribution >= 4 is 0 Å². The highest BCUT2D eigenvalue weighted by Crippen LogP contribution is 1.96. The lowest BCUT2D eigenvalue weighted by Crippen LogP contribution is -1.76. The van der Waals surface area contributed by atoms with E-state index in [1.54, 1.807) is 12.4 Å². The lowest BCUT2D eigenvalue weighted by molar-refractivity contribution is 1.17. The SMILES string of the molecule is CC1=CC=C[N]C=C1. The van der Waals surface area contributed by atoms with E-state index in [0.717, 1.165) is 0 Å². The molecule has 8 heavy (non-hydrogen) atoms. The maximum Gasteiger partial charge on any atom is 0.0270 e. The van der Waals surface area contributed by atoms with Gasteiger partial charge in [0.05, 0.1) is 0 Å². The Hall–Kier alpha value is -0.980. The molecule has 1 nitrogen and oxygen atoms in total. The van der Waals surface area contributed by atoms with Gasteiger partial charge in [0.25, 0.3) is 0 Å². The minimum absolute atomic E-state index is 1.24. The van der Waals surface area contributed by atoms with Crippen LogP contribution in [0.15, 0.2) is 36.2 Å². The first-order chi connectivity index (χ1) is 3.89. The normalized spacial score (nSPS) is 16.9. The Morgan fingerprint density at radius 3 is 3.12 bits per heavy atom. The van der Waals surface area contributed by atoms with Gasteiger partial charge in [0, 0.05) is 12.4 Å². The summed E-state index contributed by atoms with van der Waals surface area (Å²) in [4.78, 5) is 0. The van der Waals surface area contributed by atoms with Gasteiger partial charge in [-0.05, 0) is 24.6 Å². The number of hydrogen-bond donors (Lipinski definition) is 0. The Balaban J connectivity index is 2.73. The van der Waals surface area contributed by atoms with Gasteiger partial charge >= 0.3 is 0 Å². The molecule has 1 heteroatoms. The Labute approximate surface area is 49.4 Å². The number of allylic oxidation sites excluding steroid dienone is 4. The van der Waals surface area contributed by atoms with Gasteiger partial charge in [0.1, 0.15) is 0 Å². The molecule has 0 aliphatic carbocycles. The van der Waals surface area contributed by atoms with E-state index in [0.29, 0.717) is 0 Å².